The molecule has 1 aromatic carbocycles. The molecule has 6 nitrogen and oxygen atoms in total. The molecule has 0 saturated heterocycles. The van der Waals surface area contributed by atoms with Crippen LogP contribution >= 0.6 is 22.9 Å². The third kappa shape index (κ3) is 3.42. The van der Waals surface area contributed by atoms with Crippen molar-refractivity contribution in [3.05, 3.63) is 76.1 Å². The molecular formula is C20H16ClN5OS. The van der Waals surface area contributed by atoms with Crippen LogP contribution in [0.3, 0.4) is 0 Å². The number of carbonyl (C=O) groups is 1. The first-order valence-corrected chi connectivity index (χ1v) is 9.76. The first-order chi connectivity index (χ1) is 13.5. The second kappa shape index (κ2) is 7.53. The average Bonchev–Trinajstić information content (AvgIpc) is 3.30. The van der Waals surface area contributed by atoms with Crippen LogP contribution in [-0.4, -0.2) is 25.4 Å². The highest BCUT2D eigenvalue weighted by Crippen LogP contribution is 2.31. The van der Waals surface area contributed by atoms with Gasteiger partial charge in [0, 0.05) is 35.0 Å². The van der Waals surface area contributed by atoms with Gasteiger partial charge in [-0.25, -0.2) is 4.98 Å². The molecule has 0 fully saturated rings. The molecule has 0 unspecified atom stereocenters. The van der Waals surface area contributed by atoms with Gasteiger partial charge in [-0.05, 0) is 24.6 Å². The zero-order valence-corrected chi connectivity index (χ0v) is 16.5. The number of amides is 1. The highest BCUT2D eigenvalue weighted by atomic mass is 35.5. The van der Waals surface area contributed by atoms with Gasteiger partial charge in [-0.3, -0.25) is 14.8 Å². The van der Waals surface area contributed by atoms with E-state index in [4.69, 9.17) is 22.3 Å². The molecule has 0 atom stereocenters. The molecule has 4 aromatic rings. The lowest BCUT2D eigenvalue weighted by atomic mass is 10.2. The minimum Gasteiger partial charge on any atom is -0.366 e. The quantitative estimate of drug-likeness (QED) is 0.535. The molecule has 0 aliphatic carbocycles. The van der Waals surface area contributed by atoms with Gasteiger partial charge in [0.1, 0.15) is 10.7 Å². The fraction of sp³-hybridized carbons (Fsp3) is 0.100. The summed E-state index contributed by atoms with van der Waals surface area (Å²) in [6.45, 7) is 2.38. The average molecular weight is 410 g/mol. The van der Waals surface area contributed by atoms with E-state index in [0.29, 0.717) is 22.8 Å². The van der Waals surface area contributed by atoms with Crippen LogP contribution in [-0.2, 0) is 6.54 Å². The predicted octanol–water partition coefficient (Wildman–Crippen LogP) is 4.18. The summed E-state index contributed by atoms with van der Waals surface area (Å²) in [5.74, 6) is -0.471. The second-order valence-electron chi connectivity index (χ2n) is 6.20. The fourth-order valence-corrected chi connectivity index (χ4v) is 4.00. The molecule has 0 radical (unpaired) electrons. The number of benzene rings is 1. The van der Waals surface area contributed by atoms with Crippen LogP contribution in [0.4, 0.5) is 0 Å². The number of thiazole rings is 1. The Balaban J connectivity index is 1.81. The SMILES string of the molecule is Cc1c(C(N)=O)cc(-c2csc(-c3cnccn3)n2)n1Cc1ccccc1Cl. The van der Waals surface area contributed by atoms with E-state index in [0.717, 1.165) is 27.7 Å². The molecule has 2 N–H and O–H groups in total. The maximum absolute atomic E-state index is 11.9. The zero-order valence-electron chi connectivity index (χ0n) is 15.0. The van der Waals surface area contributed by atoms with E-state index >= 15 is 0 Å². The lowest BCUT2D eigenvalue weighted by molar-refractivity contribution is 0.0999. The van der Waals surface area contributed by atoms with Crippen LogP contribution < -0.4 is 5.73 Å². The van der Waals surface area contributed by atoms with Gasteiger partial charge < -0.3 is 10.3 Å². The van der Waals surface area contributed by atoms with Crippen LogP contribution in [0.25, 0.3) is 22.1 Å². The first kappa shape index (κ1) is 18.3. The maximum atomic E-state index is 11.9. The molecule has 3 heterocycles. The summed E-state index contributed by atoms with van der Waals surface area (Å²) < 4.78 is 2.01. The molecule has 3 aromatic heterocycles. The highest BCUT2D eigenvalue weighted by Gasteiger charge is 2.20. The minimum atomic E-state index is -0.471. The topological polar surface area (TPSA) is 86.7 Å². The Bertz CT molecular complexity index is 1150. The first-order valence-electron chi connectivity index (χ1n) is 8.50. The lowest BCUT2D eigenvalue weighted by Gasteiger charge is -2.12. The van der Waals surface area contributed by atoms with Crippen molar-refractivity contribution < 1.29 is 4.79 Å². The third-order valence-corrected chi connectivity index (χ3v) is 5.70. The number of hydrogen-bond donors (Lipinski definition) is 1. The van der Waals surface area contributed by atoms with Gasteiger partial charge in [0.2, 0.25) is 0 Å². The molecule has 8 heteroatoms. The Kier molecular flexibility index (Phi) is 4.93. The number of rotatable bonds is 5. The molecular weight excluding hydrogens is 394 g/mol. The van der Waals surface area contributed by atoms with Crippen LogP contribution in [0, 0.1) is 6.92 Å². The summed E-state index contributed by atoms with van der Waals surface area (Å²) >= 11 is 7.81. The second-order valence-corrected chi connectivity index (χ2v) is 7.46. The normalized spacial score (nSPS) is 10.9. The number of halogens is 1. The summed E-state index contributed by atoms with van der Waals surface area (Å²) in [4.78, 5) is 25.0. The van der Waals surface area contributed by atoms with Gasteiger partial charge in [0.25, 0.3) is 5.91 Å². The Morgan fingerprint density at radius 2 is 2.07 bits per heavy atom. The monoisotopic (exact) mass is 409 g/mol. The van der Waals surface area contributed by atoms with Crippen molar-refractivity contribution in [1.29, 1.82) is 0 Å². The van der Waals surface area contributed by atoms with Crippen molar-refractivity contribution in [2.75, 3.05) is 0 Å². The Morgan fingerprint density at radius 1 is 1.25 bits per heavy atom. The Hall–Kier alpha value is -3.03. The van der Waals surface area contributed by atoms with Crippen LogP contribution in [0.5, 0.6) is 0 Å². The zero-order chi connectivity index (χ0) is 19.7. The van der Waals surface area contributed by atoms with Crippen molar-refractivity contribution in [2.45, 2.75) is 13.5 Å². The van der Waals surface area contributed by atoms with Crippen LogP contribution in [0.2, 0.25) is 5.02 Å². The van der Waals surface area contributed by atoms with Gasteiger partial charge in [0.05, 0.1) is 23.1 Å². The number of carbonyl (C=O) groups excluding carboxylic acids is 1. The molecule has 1 amide bonds. The Labute approximate surface area is 170 Å². The van der Waals surface area contributed by atoms with Crippen LogP contribution in [0.1, 0.15) is 21.6 Å². The molecule has 4 rings (SSSR count). The number of nitrogens with two attached hydrogens (primary N) is 1. The number of primary amides is 1. The van der Waals surface area contributed by atoms with E-state index in [9.17, 15) is 4.79 Å². The molecule has 28 heavy (non-hydrogen) atoms. The van der Waals surface area contributed by atoms with Gasteiger partial charge in [-0.2, -0.15) is 0 Å². The number of aromatic nitrogens is 4. The van der Waals surface area contributed by atoms with E-state index in [2.05, 4.69) is 9.97 Å². The van der Waals surface area contributed by atoms with Crippen molar-refractivity contribution >= 4 is 28.8 Å². The highest BCUT2D eigenvalue weighted by molar-refractivity contribution is 7.13. The summed E-state index contributed by atoms with van der Waals surface area (Å²) in [7, 11) is 0. The summed E-state index contributed by atoms with van der Waals surface area (Å²) in [6, 6.07) is 9.41. The molecule has 0 aliphatic heterocycles. The standard InChI is InChI=1S/C20H16ClN5OS/c1-12-14(19(22)27)8-18(26(12)10-13-4-2-3-5-15(13)21)17-11-28-20(25-17)16-9-23-6-7-24-16/h2-9,11H,10H2,1H3,(H2,22,27). The molecule has 140 valence electrons. The fourth-order valence-electron chi connectivity index (χ4n) is 3.03. The maximum Gasteiger partial charge on any atom is 0.250 e. The van der Waals surface area contributed by atoms with E-state index in [-0.39, 0.29) is 0 Å². The largest absolute Gasteiger partial charge is 0.366 e. The number of nitrogens with zero attached hydrogens (tertiary/aromatic N) is 4. The summed E-state index contributed by atoms with van der Waals surface area (Å²) in [6.07, 6.45) is 4.92. The predicted molar refractivity (Wildman–Crippen MR) is 110 cm³/mol. The molecule has 0 saturated carbocycles. The van der Waals surface area contributed by atoms with E-state index in [1.54, 1.807) is 24.7 Å². The van der Waals surface area contributed by atoms with E-state index in [1.165, 1.54) is 11.3 Å². The molecule has 0 spiro atoms. The van der Waals surface area contributed by atoms with Gasteiger partial charge in [0.15, 0.2) is 0 Å². The summed E-state index contributed by atoms with van der Waals surface area (Å²) in [5.41, 5.74) is 10.0. The van der Waals surface area contributed by atoms with Gasteiger partial charge >= 0.3 is 0 Å². The van der Waals surface area contributed by atoms with Crippen molar-refractivity contribution in [2.24, 2.45) is 5.73 Å². The minimum absolute atomic E-state index is 0.469. The van der Waals surface area contributed by atoms with Gasteiger partial charge in [-0.1, -0.05) is 29.8 Å². The van der Waals surface area contributed by atoms with Crippen molar-refractivity contribution in [3.8, 4) is 22.1 Å². The van der Waals surface area contributed by atoms with Gasteiger partial charge in [-0.15, -0.1) is 11.3 Å². The number of hydrogen-bond acceptors (Lipinski definition) is 5. The summed E-state index contributed by atoms with van der Waals surface area (Å²) in [5, 5.41) is 3.36. The molecule has 0 bridgehead atoms. The van der Waals surface area contributed by atoms with E-state index < -0.39 is 5.91 Å². The van der Waals surface area contributed by atoms with Crippen LogP contribution in [0.15, 0.2) is 54.3 Å². The lowest BCUT2D eigenvalue weighted by Crippen LogP contribution is -2.12. The third-order valence-electron chi connectivity index (χ3n) is 4.47. The van der Waals surface area contributed by atoms with Crippen molar-refractivity contribution in [3.63, 3.8) is 0 Å². The Morgan fingerprint density at radius 3 is 2.79 bits per heavy atom. The smallest absolute Gasteiger partial charge is 0.250 e. The van der Waals surface area contributed by atoms with E-state index in [1.807, 2.05) is 41.1 Å². The van der Waals surface area contributed by atoms with Crippen molar-refractivity contribution in [1.82, 2.24) is 19.5 Å². The molecule has 0 aliphatic rings.